The zero-order valence-electron chi connectivity index (χ0n) is 11.6. The van der Waals surface area contributed by atoms with Gasteiger partial charge in [0.25, 0.3) is 5.56 Å². The molecule has 0 radical (unpaired) electrons. The van der Waals surface area contributed by atoms with Crippen molar-refractivity contribution in [3.8, 4) is 11.4 Å². The molecule has 2 rings (SSSR count). The van der Waals surface area contributed by atoms with E-state index in [2.05, 4.69) is 39.7 Å². The Morgan fingerprint density at radius 2 is 2.10 bits per heavy atom. The van der Waals surface area contributed by atoms with Crippen LogP contribution in [0.25, 0.3) is 11.4 Å². The van der Waals surface area contributed by atoms with Crippen molar-refractivity contribution in [3.05, 3.63) is 49.3 Å². The van der Waals surface area contributed by atoms with Gasteiger partial charge in [0, 0.05) is 10.6 Å². The molecule has 1 heterocycles. The molecule has 0 atom stereocenters. The summed E-state index contributed by atoms with van der Waals surface area (Å²) in [6.45, 7) is 6.13. The molecule has 5 heteroatoms. The van der Waals surface area contributed by atoms with Gasteiger partial charge in [-0.1, -0.05) is 37.6 Å². The first-order valence-electron chi connectivity index (χ1n) is 6.43. The summed E-state index contributed by atoms with van der Waals surface area (Å²) in [4.78, 5) is 19.3. The molecular formula is C15H16BrClN2O. The Bertz CT molecular complexity index is 695. The first-order chi connectivity index (χ1) is 9.38. The van der Waals surface area contributed by atoms with Gasteiger partial charge in [-0.15, -0.1) is 0 Å². The number of H-pyrrole nitrogens is 1. The average Bonchev–Trinajstić information content (AvgIpc) is 2.37. The summed E-state index contributed by atoms with van der Waals surface area (Å²) in [6, 6.07) is 5.65. The van der Waals surface area contributed by atoms with Crippen molar-refractivity contribution >= 4 is 27.5 Å². The van der Waals surface area contributed by atoms with Gasteiger partial charge in [-0.2, -0.15) is 0 Å². The van der Waals surface area contributed by atoms with E-state index in [1.807, 2.05) is 25.1 Å². The van der Waals surface area contributed by atoms with Crippen LogP contribution in [0.5, 0.6) is 0 Å². The third kappa shape index (κ3) is 3.30. The number of rotatable bonds is 3. The van der Waals surface area contributed by atoms with E-state index in [0.29, 0.717) is 21.2 Å². The van der Waals surface area contributed by atoms with E-state index < -0.39 is 0 Å². The number of hydrogen-bond acceptors (Lipinski definition) is 2. The summed E-state index contributed by atoms with van der Waals surface area (Å²) in [5.74, 6) is 0.978. The van der Waals surface area contributed by atoms with E-state index in [-0.39, 0.29) is 5.56 Å². The SMILES string of the molecule is Cc1ccc(-c2nc(CC(C)C)c(Br)c(=O)[nH]2)cc1Cl. The molecule has 0 amide bonds. The molecule has 0 bridgehead atoms. The number of aryl methyl sites for hydroxylation is 1. The smallest absolute Gasteiger partial charge is 0.265 e. The van der Waals surface area contributed by atoms with E-state index in [1.54, 1.807) is 0 Å². The summed E-state index contributed by atoms with van der Waals surface area (Å²) in [5, 5.41) is 0.665. The molecule has 0 saturated heterocycles. The molecule has 3 nitrogen and oxygen atoms in total. The fourth-order valence-corrected chi connectivity index (χ4v) is 2.43. The second kappa shape index (κ2) is 6.10. The van der Waals surface area contributed by atoms with E-state index >= 15 is 0 Å². The van der Waals surface area contributed by atoms with Gasteiger partial charge in [0.05, 0.1) is 5.69 Å². The van der Waals surface area contributed by atoms with Crippen molar-refractivity contribution in [2.45, 2.75) is 27.2 Å². The number of aromatic nitrogens is 2. The third-order valence-electron chi connectivity index (χ3n) is 2.98. The largest absolute Gasteiger partial charge is 0.306 e. The molecule has 1 N–H and O–H groups in total. The molecule has 0 aliphatic carbocycles. The zero-order valence-corrected chi connectivity index (χ0v) is 14.0. The first-order valence-corrected chi connectivity index (χ1v) is 7.60. The molecule has 1 aromatic carbocycles. The highest BCUT2D eigenvalue weighted by atomic mass is 79.9. The number of hydrogen-bond donors (Lipinski definition) is 1. The van der Waals surface area contributed by atoms with Gasteiger partial charge in [0.1, 0.15) is 10.3 Å². The van der Waals surface area contributed by atoms with Crippen LogP contribution in [0.3, 0.4) is 0 Å². The quantitative estimate of drug-likeness (QED) is 0.889. The van der Waals surface area contributed by atoms with Crippen molar-refractivity contribution in [3.63, 3.8) is 0 Å². The van der Waals surface area contributed by atoms with Crippen LogP contribution < -0.4 is 5.56 Å². The zero-order chi connectivity index (χ0) is 14.9. The predicted molar refractivity (Wildman–Crippen MR) is 86.3 cm³/mol. The molecule has 0 fully saturated rings. The Hall–Kier alpha value is -1.13. The van der Waals surface area contributed by atoms with Crippen LogP contribution in [0.1, 0.15) is 25.1 Å². The summed E-state index contributed by atoms with van der Waals surface area (Å²) < 4.78 is 0.508. The minimum atomic E-state index is -0.164. The molecule has 2 aromatic rings. The number of nitrogens with one attached hydrogen (secondary N) is 1. The number of benzene rings is 1. The van der Waals surface area contributed by atoms with E-state index in [4.69, 9.17) is 11.6 Å². The van der Waals surface area contributed by atoms with Crippen LogP contribution in [0.4, 0.5) is 0 Å². The average molecular weight is 356 g/mol. The molecule has 0 saturated carbocycles. The van der Waals surface area contributed by atoms with Crippen LogP contribution in [-0.2, 0) is 6.42 Å². The Kier molecular flexibility index (Phi) is 4.66. The fourth-order valence-electron chi connectivity index (χ4n) is 1.90. The van der Waals surface area contributed by atoms with Crippen molar-refractivity contribution in [2.24, 2.45) is 5.92 Å². The highest BCUT2D eigenvalue weighted by Gasteiger charge is 2.12. The Balaban J connectivity index is 2.54. The van der Waals surface area contributed by atoms with Crippen molar-refractivity contribution in [1.82, 2.24) is 9.97 Å². The maximum atomic E-state index is 12.0. The van der Waals surface area contributed by atoms with Crippen molar-refractivity contribution < 1.29 is 0 Å². The van der Waals surface area contributed by atoms with Gasteiger partial charge in [-0.3, -0.25) is 4.79 Å². The van der Waals surface area contributed by atoms with Crippen LogP contribution in [-0.4, -0.2) is 9.97 Å². The highest BCUT2D eigenvalue weighted by molar-refractivity contribution is 9.10. The van der Waals surface area contributed by atoms with Crippen LogP contribution >= 0.6 is 27.5 Å². The predicted octanol–water partition coefficient (Wildman–Crippen LogP) is 4.36. The topological polar surface area (TPSA) is 45.8 Å². The van der Waals surface area contributed by atoms with E-state index in [0.717, 1.165) is 23.2 Å². The summed E-state index contributed by atoms with van der Waals surface area (Å²) in [6.07, 6.45) is 0.747. The molecule has 0 spiro atoms. The summed E-state index contributed by atoms with van der Waals surface area (Å²) >= 11 is 9.44. The van der Waals surface area contributed by atoms with Crippen LogP contribution in [0, 0.1) is 12.8 Å². The monoisotopic (exact) mass is 354 g/mol. The lowest BCUT2D eigenvalue weighted by Gasteiger charge is -2.09. The molecule has 20 heavy (non-hydrogen) atoms. The molecule has 0 aliphatic rings. The van der Waals surface area contributed by atoms with Gasteiger partial charge in [-0.25, -0.2) is 4.98 Å². The van der Waals surface area contributed by atoms with Gasteiger partial charge in [0.2, 0.25) is 0 Å². The maximum absolute atomic E-state index is 12.0. The minimum absolute atomic E-state index is 0.164. The van der Waals surface area contributed by atoms with Gasteiger partial charge < -0.3 is 4.98 Å². The number of nitrogens with zero attached hydrogens (tertiary/aromatic N) is 1. The summed E-state index contributed by atoms with van der Waals surface area (Å²) in [5.41, 5.74) is 2.42. The Morgan fingerprint density at radius 1 is 1.40 bits per heavy atom. The van der Waals surface area contributed by atoms with Crippen molar-refractivity contribution in [2.75, 3.05) is 0 Å². The molecule has 0 unspecified atom stereocenters. The lowest BCUT2D eigenvalue weighted by atomic mass is 10.1. The maximum Gasteiger partial charge on any atom is 0.265 e. The lowest BCUT2D eigenvalue weighted by molar-refractivity contribution is 0.631. The fraction of sp³-hybridized carbons (Fsp3) is 0.333. The molecule has 106 valence electrons. The number of aromatic amines is 1. The van der Waals surface area contributed by atoms with Gasteiger partial charge >= 0.3 is 0 Å². The van der Waals surface area contributed by atoms with Crippen LogP contribution in [0.2, 0.25) is 5.02 Å². The lowest BCUT2D eigenvalue weighted by Crippen LogP contribution is -2.15. The second-order valence-corrected chi connectivity index (χ2v) is 6.44. The number of halogens is 2. The standard InChI is InChI=1S/C15H16BrClN2O/c1-8(2)6-12-13(16)15(20)19-14(18-12)10-5-4-9(3)11(17)7-10/h4-5,7-8H,6H2,1-3H3,(H,18,19,20). The first kappa shape index (κ1) is 15.3. The van der Waals surface area contributed by atoms with Crippen molar-refractivity contribution in [1.29, 1.82) is 0 Å². The van der Waals surface area contributed by atoms with Gasteiger partial charge in [-0.05, 0) is 46.8 Å². The minimum Gasteiger partial charge on any atom is -0.306 e. The second-order valence-electron chi connectivity index (χ2n) is 5.24. The molecule has 1 aromatic heterocycles. The molecular weight excluding hydrogens is 340 g/mol. The van der Waals surface area contributed by atoms with E-state index in [1.165, 1.54) is 0 Å². The highest BCUT2D eigenvalue weighted by Crippen LogP contribution is 2.24. The van der Waals surface area contributed by atoms with Crippen LogP contribution in [0.15, 0.2) is 27.5 Å². The summed E-state index contributed by atoms with van der Waals surface area (Å²) in [7, 11) is 0. The Morgan fingerprint density at radius 3 is 2.70 bits per heavy atom. The van der Waals surface area contributed by atoms with Gasteiger partial charge in [0.15, 0.2) is 0 Å². The third-order valence-corrected chi connectivity index (χ3v) is 4.20. The Labute approximate surface area is 131 Å². The normalized spacial score (nSPS) is 11.1. The molecule has 0 aliphatic heterocycles. The van der Waals surface area contributed by atoms with E-state index in [9.17, 15) is 4.79 Å².